The highest BCUT2D eigenvalue weighted by Crippen LogP contribution is 2.41. The molecule has 0 bridgehead atoms. The van der Waals surface area contributed by atoms with Gasteiger partial charge in [0.1, 0.15) is 23.0 Å². The average molecular weight is 462 g/mol. The van der Waals surface area contributed by atoms with Gasteiger partial charge in [0.25, 0.3) is 11.7 Å². The number of carbonyl (C=O) groups is 2. The molecule has 3 aromatic rings. The normalized spacial score (nSPS) is 17.2. The number of ketones is 1. The van der Waals surface area contributed by atoms with Gasteiger partial charge in [-0.05, 0) is 67.4 Å². The van der Waals surface area contributed by atoms with Crippen molar-refractivity contribution >= 4 is 17.4 Å². The molecule has 176 valence electrons. The molecular weight excluding hydrogens is 434 g/mol. The fourth-order valence-electron chi connectivity index (χ4n) is 3.99. The predicted molar refractivity (Wildman–Crippen MR) is 126 cm³/mol. The Morgan fingerprint density at radius 2 is 1.79 bits per heavy atom. The minimum absolute atomic E-state index is 0.0208. The molecule has 1 aliphatic rings. The second-order valence-corrected chi connectivity index (χ2v) is 7.88. The first-order valence-electron chi connectivity index (χ1n) is 11.3. The van der Waals surface area contributed by atoms with Gasteiger partial charge in [0.05, 0.1) is 37.6 Å². The summed E-state index contributed by atoms with van der Waals surface area (Å²) >= 11 is 0. The molecule has 2 heterocycles. The van der Waals surface area contributed by atoms with Crippen molar-refractivity contribution in [3.05, 3.63) is 89.4 Å². The zero-order valence-electron chi connectivity index (χ0n) is 19.2. The van der Waals surface area contributed by atoms with Crippen LogP contribution in [0.3, 0.4) is 0 Å². The Morgan fingerprint density at radius 1 is 1.00 bits per heavy atom. The molecule has 1 atom stereocenters. The van der Waals surface area contributed by atoms with Crippen LogP contribution in [0, 0.1) is 0 Å². The molecule has 1 amide bonds. The Morgan fingerprint density at radius 3 is 2.47 bits per heavy atom. The van der Waals surface area contributed by atoms with E-state index >= 15 is 0 Å². The van der Waals surface area contributed by atoms with Crippen molar-refractivity contribution in [2.24, 2.45) is 0 Å². The molecule has 1 saturated heterocycles. The number of hydrogen-bond donors (Lipinski definition) is 1. The lowest BCUT2D eigenvalue weighted by molar-refractivity contribution is -0.140. The standard InChI is InChI=1S/C27H27NO6/c1-3-14-33-20-12-10-18(11-13-20)25(29)23-24(19-7-5-8-21(16-19)32-4-2)28(27(31)26(23)30)17-22-9-6-15-34-22/h5-13,15-16,24,29H,3-4,14,17H2,1-2H3/b25-23+. The third-order valence-electron chi connectivity index (χ3n) is 5.53. The molecule has 0 saturated carbocycles. The number of aliphatic hydroxyl groups is 1. The van der Waals surface area contributed by atoms with Gasteiger partial charge in [-0.1, -0.05) is 19.1 Å². The number of rotatable bonds is 9. The van der Waals surface area contributed by atoms with Crippen LogP contribution >= 0.6 is 0 Å². The number of hydrogen-bond acceptors (Lipinski definition) is 6. The van der Waals surface area contributed by atoms with Crippen LogP contribution in [0.2, 0.25) is 0 Å². The van der Waals surface area contributed by atoms with Gasteiger partial charge in [0.2, 0.25) is 0 Å². The zero-order valence-corrected chi connectivity index (χ0v) is 19.2. The molecule has 7 nitrogen and oxygen atoms in total. The Balaban J connectivity index is 1.79. The molecule has 1 N–H and O–H groups in total. The number of nitrogens with zero attached hydrogens (tertiary/aromatic N) is 1. The number of likely N-dealkylation sites (tertiary alicyclic amines) is 1. The monoisotopic (exact) mass is 461 g/mol. The summed E-state index contributed by atoms with van der Waals surface area (Å²) in [5.74, 6) is 0.118. The van der Waals surface area contributed by atoms with Gasteiger partial charge in [-0.2, -0.15) is 0 Å². The lowest BCUT2D eigenvalue weighted by atomic mass is 9.95. The highest BCUT2D eigenvalue weighted by atomic mass is 16.5. The summed E-state index contributed by atoms with van der Waals surface area (Å²) in [5, 5.41) is 11.2. The van der Waals surface area contributed by atoms with E-state index in [0.717, 1.165) is 6.42 Å². The van der Waals surface area contributed by atoms with E-state index in [1.165, 1.54) is 11.2 Å². The molecule has 7 heteroatoms. The fraction of sp³-hybridized carbons (Fsp3) is 0.259. The van der Waals surface area contributed by atoms with Crippen LogP contribution in [0.25, 0.3) is 5.76 Å². The topological polar surface area (TPSA) is 89.2 Å². The summed E-state index contributed by atoms with van der Waals surface area (Å²) in [6, 6.07) is 16.7. The summed E-state index contributed by atoms with van der Waals surface area (Å²) in [5.41, 5.74) is 1.10. The third kappa shape index (κ3) is 4.69. The lowest BCUT2D eigenvalue weighted by Crippen LogP contribution is -2.29. The zero-order chi connectivity index (χ0) is 24.1. The number of Topliss-reactive ketones (excluding diaryl/α,β-unsaturated/α-hetero) is 1. The number of aliphatic hydroxyl groups excluding tert-OH is 1. The van der Waals surface area contributed by atoms with Gasteiger partial charge >= 0.3 is 0 Å². The van der Waals surface area contributed by atoms with Gasteiger partial charge in [0, 0.05) is 5.56 Å². The van der Waals surface area contributed by atoms with Crippen molar-refractivity contribution in [2.75, 3.05) is 13.2 Å². The number of carbonyl (C=O) groups excluding carboxylic acids is 2. The maximum Gasteiger partial charge on any atom is 0.296 e. The van der Waals surface area contributed by atoms with Crippen LogP contribution in [0.15, 0.2) is 76.9 Å². The van der Waals surface area contributed by atoms with Crippen LogP contribution in [0.5, 0.6) is 11.5 Å². The van der Waals surface area contributed by atoms with Crippen molar-refractivity contribution in [3.63, 3.8) is 0 Å². The average Bonchev–Trinajstić information content (AvgIpc) is 3.45. The number of furan rings is 1. The first kappa shape index (κ1) is 23.2. The molecule has 34 heavy (non-hydrogen) atoms. The summed E-state index contributed by atoms with van der Waals surface area (Å²) < 4.78 is 16.7. The van der Waals surface area contributed by atoms with E-state index in [1.54, 1.807) is 54.6 Å². The summed E-state index contributed by atoms with van der Waals surface area (Å²) in [4.78, 5) is 27.7. The second kappa shape index (κ2) is 10.3. The smallest absolute Gasteiger partial charge is 0.296 e. The Bertz CT molecular complexity index is 1180. The van der Waals surface area contributed by atoms with Crippen molar-refractivity contribution in [2.45, 2.75) is 32.9 Å². The maximum atomic E-state index is 13.2. The van der Waals surface area contributed by atoms with E-state index in [9.17, 15) is 14.7 Å². The van der Waals surface area contributed by atoms with Crippen LogP contribution in [0.1, 0.15) is 43.2 Å². The van der Waals surface area contributed by atoms with Gasteiger partial charge in [0.15, 0.2) is 0 Å². The molecule has 1 aromatic heterocycles. The summed E-state index contributed by atoms with van der Waals surface area (Å²) in [7, 11) is 0. The van der Waals surface area contributed by atoms with Gasteiger partial charge in [-0.3, -0.25) is 9.59 Å². The number of ether oxygens (including phenoxy) is 2. The summed E-state index contributed by atoms with van der Waals surface area (Å²) in [6.07, 6.45) is 2.39. The largest absolute Gasteiger partial charge is 0.507 e. The summed E-state index contributed by atoms with van der Waals surface area (Å²) in [6.45, 7) is 5.04. The fourth-order valence-corrected chi connectivity index (χ4v) is 3.99. The van der Waals surface area contributed by atoms with E-state index in [-0.39, 0.29) is 17.9 Å². The first-order valence-corrected chi connectivity index (χ1v) is 11.3. The number of benzene rings is 2. The van der Waals surface area contributed by atoms with Crippen LogP contribution < -0.4 is 9.47 Å². The Hall–Kier alpha value is -4.00. The van der Waals surface area contributed by atoms with Crippen LogP contribution in [0.4, 0.5) is 0 Å². The van der Waals surface area contributed by atoms with Crippen molar-refractivity contribution in [1.82, 2.24) is 4.90 Å². The molecule has 2 aromatic carbocycles. The van der Waals surface area contributed by atoms with E-state index in [2.05, 4.69) is 0 Å². The quantitative estimate of drug-likeness (QED) is 0.271. The number of amides is 1. The van der Waals surface area contributed by atoms with Gasteiger partial charge < -0.3 is 23.9 Å². The first-order chi connectivity index (χ1) is 16.5. The third-order valence-corrected chi connectivity index (χ3v) is 5.53. The Labute approximate surface area is 198 Å². The highest BCUT2D eigenvalue weighted by molar-refractivity contribution is 6.46. The van der Waals surface area contributed by atoms with Crippen molar-refractivity contribution in [3.8, 4) is 11.5 Å². The molecular formula is C27H27NO6. The van der Waals surface area contributed by atoms with Gasteiger partial charge in [-0.25, -0.2) is 0 Å². The SMILES string of the molecule is CCCOc1ccc(/C(O)=C2\C(=O)C(=O)N(Cc3ccco3)C2c2cccc(OCC)c2)cc1. The maximum absolute atomic E-state index is 13.2. The van der Waals surface area contributed by atoms with Crippen LogP contribution in [-0.2, 0) is 16.1 Å². The predicted octanol–water partition coefficient (Wildman–Crippen LogP) is 5.09. The van der Waals surface area contributed by atoms with E-state index in [1.807, 2.05) is 19.9 Å². The molecule has 4 rings (SSSR count). The van der Waals surface area contributed by atoms with E-state index < -0.39 is 17.7 Å². The molecule has 0 aliphatic carbocycles. The lowest BCUT2D eigenvalue weighted by Gasteiger charge is -2.25. The Kier molecular flexibility index (Phi) is 7.01. The van der Waals surface area contributed by atoms with Crippen LogP contribution in [-0.4, -0.2) is 34.9 Å². The van der Waals surface area contributed by atoms with Crippen molar-refractivity contribution in [1.29, 1.82) is 0 Å². The second-order valence-electron chi connectivity index (χ2n) is 7.88. The minimum atomic E-state index is -0.804. The molecule has 1 fully saturated rings. The minimum Gasteiger partial charge on any atom is -0.507 e. The van der Waals surface area contributed by atoms with Crippen molar-refractivity contribution < 1.29 is 28.6 Å². The molecule has 0 spiro atoms. The molecule has 1 unspecified atom stereocenters. The molecule has 1 aliphatic heterocycles. The molecule has 0 radical (unpaired) electrons. The highest BCUT2D eigenvalue weighted by Gasteiger charge is 2.46. The van der Waals surface area contributed by atoms with Gasteiger partial charge in [-0.15, -0.1) is 0 Å². The van der Waals surface area contributed by atoms with E-state index in [0.29, 0.717) is 41.6 Å². The van der Waals surface area contributed by atoms with E-state index in [4.69, 9.17) is 13.9 Å².